The molecule has 0 spiro atoms. The molecule has 6 nitrogen and oxygen atoms in total. The molecular formula is C8H14N2O4. The van der Waals surface area contributed by atoms with Gasteiger partial charge in [0.15, 0.2) is 6.10 Å². The lowest BCUT2D eigenvalue weighted by Gasteiger charge is -2.31. The van der Waals surface area contributed by atoms with Crippen molar-refractivity contribution in [1.82, 2.24) is 4.90 Å². The largest absolute Gasteiger partial charge is 0.479 e. The quantitative estimate of drug-likeness (QED) is 0.577. The second kappa shape index (κ2) is 4.39. The summed E-state index contributed by atoms with van der Waals surface area (Å²) in [7, 11) is 0. The molecule has 80 valence electrons. The van der Waals surface area contributed by atoms with Crippen LogP contribution in [0.5, 0.6) is 0 Å². The summed E-state index contributed by atoms with van der Waals surface area (Å²) in [6.07, 6.45) is -0.925. The van der Waals surface area contributed by atoms with Crippen molar-refractivity contribution >= 4 is 11.9 Å². The van der Waals surface area contributed by atoms with E-state index in [1.54, 1.807) is 6.92 Å². The Balaban J connectivity index is 2.56. The van der Waals surface area contributed by atoms with Crippen LogP contribution in [0.3, 0.4) is 0 Å². The minimum absolute atomic E-state index is 0.0791. The maximum atomic E-state index is 11.4. The number of aliphatic carboxylic acids is 1. The summed E-state index contributed by atoms with van der Waals surface area (Å²) in [6, 6.07) is -0.595. The van der Waals surface area contributed by atoms with Gasteiger partial charge in [0.05, 0.1) is 19.2 Å². The average Bonchev–Trinajstić information content (AvgIpc) is 2.16. The summed E-state index contributed by atoms with van der Waals surface area (Å²) in [6.45, 7) is 2.31. The number of hydrogen-bond donors (Lipinski definition) is 2. The molecule has 3 N–H and O–H groups in total. The predicted octanol–water partition coefficient (Wildman–Crippen LogP) is -1.35. The molecule has 1 heterocycles. The second-order valence-electron chi connectivity index (χ2n) is 3.27. The molecule has 0 aromatic carbocycles. The standard InChI is InChI=1S/C8H14N2O4/c1-5(9)7(11)10-2-3-14-6(4-10)8(12)13/h5-6H,2-4,9H2,1H3,(H,12,13)/t5-,6?/m1/s1. The number of morpholine rings is 1. The lowest BCUT2D eigenvalue weighted by atomic mass is 10.2. The highest BCUT2D eigenvalue weighted by Gasteiger charge is 2.29. The van der Waals surface area contributed by atoms with E-state index in [0.29, 0.717) is 6.54 Å². The second-order valence-corrected chi connectivity index (χ2v) is 3.27. The van der Waals surface area contributed by atoms with Crippen LogP contribution in [0.15, 0.2) is 0 Å². The third-order valence-corrected chi connectivity index (χ3v) is 2.04. The van der Waals surface area contributed by atoms with Gasteiger partial charge in [0.2, 0.25) is 5.91 Å². The summed E-state index contributed by atoms with van der Waals surface area (Å²) in [5, 5.41) is 8.68. The Hall–Kier alpha value is -1.14. The molecule has 0 aromatic heterocycles. The van der Waals surface area contributed by atoms with Crippen molar-refractivity contribution in [2.75, 3.05) is 19.7 Å². The summed E-state index contributed by atoms with van der Waals surface area (Å²) >= 11 is 0. The van der Waals surface area contributed by atoms with Gasteiger partial charge in [-0.2, -0.15) is 0 Å². The van der Waals surface area contributed by atoms with Crippen molar-refractivity contribution in [1.29, 1.82) is 0 Å². The molecule has 1 aliphatic rings. The first-order chi connectivity index (χ1) is 6.52. The van der Waals surface area contributed by atoms with Crippen molar-refractivity contribution in [3.63, 3.8) is 0 Å². The number of carbonyl (C=O) groups excluding carboxylic acids is 1. The van der Waals surface area contributed by atoms with E-state index in [1.165, 1.54) is 4.90 Å². The third-order valence-electron chi connectivity index (χ3n) is 2.04. The number of hydrogen-bond acceptors (Lipinski definition) is 4. The van der Waals surface area contributed by atoms with Gasteiger partial charge in [0, 0.05) is 6.54 Å². The van der Waals surface area contributed by atoms with Gasteiger partial charge in [0.25, 0.3) is 0 Å². The van der Waals surface area contributed by atoms with Crippen LogP contribution in [0, 0.1) is 0 Å². The Bertz CT molecular complexity index is 241. The Labute approximate surface area is 81.6 Å². The van der Waals surface area contributed by atoms with Crippen LogP contribution in [0.4, 0.5) is 0 Å². The number of amides is 1. The van der Waals surface area contributed by atoms with Crippen LogP contribution in [0.25, 0.3) is 0 Å². The highest BCUT2D eigenvalue weighted by atomic mass is 16.5. The molecule has 0 aliphatic carbocycles. The zero-order chi connectivity index (χ0) is 10.7. The SMILES string of the molecule is C[C@@H](N)C(=O)N1CCOC(C(=O)O)C1. The van der Waals surface area contributed by atoms with E-state index in [0.717, 1.165) is 0 Å². The number of nitrogens with zero attached hydrogens (tertiary/aromatic N) is 1. The predicted molar refractivity (Wildman–Crippen MR) is 47.6 cm³/mol. The monoisotopic (exact) mass is 202 g/mol. The van der Waals surface area contributed by atoms with E-state index in [2.05, 4.69) is 0 Å². The van der Waals surface area contributed by atoms with Crippen LogP contribution in [-0.2, 0) is 14.3 Å². The zero-order valence-corrected chi connectivity index (χ0v) is 7.97. The summed E-state index contributed by atoms with van der Waals surface area (Å²) < 4.78 is 4.97. The van der Waals surface area contributed by atoms with E-state index < -0.39 is 18.1 Å². The van der Waals surface area contributed by atoms with Gasteiger partial charge in [-0.05, 0) is 6.92 Å². The third kappa shape index (κ3) is 2.43. The van der Waals surface area contributed by atoms with Gasteiger partial charge in [-0.15, -0.1) is 0 Å². The summed E-state index contributed by atoms with van der Waals surface area (Å²) in [5.41, 5.74) is 5.41. The lowest BCUT2D eigenvalue weighted by Crippen LogP contribution is -2.52. The van der Waals surface area contributed by atoms with Gasteiger partial charge in [-0.1, -0.05) is 0 Å². The van der Waals surface area contributed by atoms with Crippen LogP contribution in [0.2, 0.25) is 0 Å². The molecule has 0 aromatic rings. The number of carboxylic acids is 1. The van der Waals surface area contributed by atoms with Crippen LogP contribution in [0.1, 0.15) is 6.92 Å². The van der Waals surface area contributed by atoms with Gasteiger partial charge >= 0.3 is 5.97 Å². The number of carbonyl (C=O) groups is 2. The highest BCUT2D eigenvalue weighted by molar-refractivity contribution is 5.82. The average molecular weight is 202 g/mol. The highest BCUT2D eigenvalue weighted by Crippen LogP contribution is 2.06. The first-order valence-corrected chi connectivity index (χ1v) is 4.41. The smallest absolute Gasteiger partial charge is 0.334 e. The molecule has 0 saturated carbocycles. The fraction of sp³-hybridized carbons (Fsp3) is 0.750. The molecule has 0 radical (unpaired) electrons. The van der Waals surface area contributed by atoms with Crippen LogP contribution >= 0.6 is 0 Å². The molecule has 1 amide bonds. The Morgan fingerprint density at radius 3 is 2.79 bits per heavy atom. The zero-order valence-electron chi connectivity index (χ0n) is 7.97. The fourth-order valence-electron chi connectivity index (χ4n) is 1.29. The molecule has 14 heavy (non-hydrogen) atoms. The lowest BCUT2D eigenvalue weighted by molar-refractivity contribution is -0.159. The van der Waals surface area contributed by atoms with Crippen molar-refractivity contribution in [2.45, 2.75) is 19.1 Å². The maximum absolute atomic E-state index is 11.4. The molecular weight excluding hydrogens is 188 g/mol. The van der Waals surface area contributed by atoms with Crippen molar-refractivity contribution in [3.05, 3.63) is 0 Å². The number of carboxylic acid groups (broad SMARTS) is 1. The Morgan fingerprint density at radius 2 is 2.29 bits per heavy atom. The maximum Gasteiger partial charge on any atom is 0.334 e. The van der Waals surface area contributed by atoms with Gasteiger partial charge in [-0.3, -0.25) is 4.79 Å². The first-order valence-electron chi connectivity index (χ1n) is 4.41. The van der Waals surface area contributed by atoms with Crippen LogP contribution in [-0.4, -0.2) is 53.7 Å². The minimum Gasteiger partial charge on any atom is -0.479 e. The molecule has 1 saturated heterocycles. The van der Waals surface area contributed by atoms with Gasteiger partial charge in [-0.25, -0.2) is 4.79 Å². The van der Waals surface area contributed by atoms with Crippen molar-refractivity contribution < 1.29 is 19.4 Å². The molecule has 1 unspecified atom stereocenters. The number of rotatable bonds is 2. The van der Waals surface area contributed by atoms with E-state index in [4.69, 9.17) is 15.6 Å². The summed E-state index contributed by atoms with van der Waals surface area (Å²) in [5.74, 6) is -1.29. The van der Waals surface area contributed by atoms with Gasteiger partial charge in [0.1, 0.15) is 0 Å². The van der Waals surface area contributed by atoms with Crippen LogP contribution < -0.4 is 5.73 Å². The minimum atomic E-state index is -1.05. The van der Waals surface area contributed by atoms with Crippen molar-refractivity contribution in [2.24, 2.45) is 5.73 Å². The Kier molecular flexibility index (Phi) is 3.43. The number of nitrogens with two attached hydrogens (primary N) is 1. The first kappa shape index (κ1) is 10.9. The Morgan fingerprint density at radius 1 is 1.64 bits per heavy atom. The molecule has 1 rings (SSSR count). The van der Waals surface area contributed by atoms with E-state index in [9.17, 15) is 9.59 Å². The van der Waals surface area contributed by atoms with E-state index in [1.807, 2.05) is 0 Å². The molecule has 1 fully saturated rings. The molecule has 0 bridgehead atoms. The van der Waals surface area contributed by atoms with Crippen molar-refractivity contribution in [3.8, 4) is 0 Å². The normalized spacial score (nSPS) is 24.4. The summed E-state index contributed by atoms with van der Waals surface area (Å²) in [4.78, 5) is 23.4. The van der Waals surface area contributed by atoms with E-state index >= 15 is 0 Å². The van der Waals surface area contributed by atoms with E-state index in [-0.39, 0.29) is 19.1 Å². The fourth-order valence-corrected chi connectivity index (χ4v) is 1.29. The topological polar surface area (TPSA) is 92.9 Å². The molecule has 1 aliphatic heterocycles. The molecule has 2 atom stereocenters. The number of ether oxygens (including phenoxy) is 1. The molecule has 6 heteroatoms. The van der Waals surface area contributed by atoms with Gasteiger partial charge < -0.3 is 20.5 Å².